The van der Waals surface area contributed by atoms with Gasteiger partial charge in [0.1, 0.15) is 18.6 Å². The minimum atomic E-state index is -3.98. The molecule has 0 rings (SSSR count). The van der Waals surface area contributed by atoms with Crippen LogP contribution in [-0.2, 0) is 38.7 Å². The molecule has 0 aromatic carbocycles. The molecule has 11 heteroatoms. The maximum absolute atomic E-state index is 12.9. The molecular formula is C21H35LiO9S. The van der Waals surface area contributed by atoms with E-state index in [1.807, 2.05) is 6.92 Å². The van der Waals surface area contributed by atoms with E-state index in [2.05, 4.69) is 13.2 Å². The molecule has 0 aliphatic carbocycles. The van der Waals surface area contributed by atoms with Crippen molar-refractivity contribution in [1.29, 1.82) is 0 Å². The number of carbonyl (C=O) groups excluding carboxylic acids is 3. The first-order chi connectivity index (χ1) is 14.3. The number of esters is 3. The van der Waals surface area contributed by atoms with E-state index in [0.29, 0.717) is 32.1 Å². The molecule has 0 aromatic rings. The minimum absolute atomic E-state index is 0. The molecule has 32 heavy (non-hydrogen) atoms. The Labute approximate surface area is 202 Å². The van der Waals surface area contributed by atoms with Gasteiger partial charge < -0.3 is 14.2 Å². The van der Waals surface area contributed by atoms with Crippen LogP contribution >= 0.6 is 0 Å². The molecule has 0 aliphatic heterocycles. The van der Waals surface area contributed by atoms with E-state index < -0.39 is 33.4 Å². The van der Waals surface area contributed by atoms with E-state index in [-0.39, 0.29) is 62.0 Å². The Bertz CT molecular complexity index is 729. The van der Waals surface area contributed by atoms with Gasteiger partial charge in [-0.3, -0.25) is 9.35 Å². The van der Waals surface area contributed by atoms with Crippen LogP contribution in [0.25, 0.3) is 0 Å². The summed E-state index contributed by atoms with van der Waals surface area (Å²) in [5.41, 5.74) is -1.03. The maximum atomic E-state index is 12.9. The van der Waals surface area contributed by atoms with Crippen LogP contribution in [0.1, 0.15) is 59.3 Å². The Kier molecular flexibility index (Phi) is 16.4. The van der Waals surface area contributed by atoms with Crippen LogP contribution < -0.4 is 0 Å². The van der Waals surface area contributed by atoms with Gasteiger partial charge in [0.25, 0.3) is 10.1 Å². The first kappa shape index (κ1) is 32.6. The fourth-order valence-electron chi connectivity index (χ4n) is 2.60. The fraction of sp³-hybridized carbons (Fsp3) is 0.667. The molecule has 0 aromatic heterocycles. The molecule has 1 N–H and O–H groups in total. The van der Waals surface area contributed by atoms with Crippen molar-refractivity contribution < 1.29 is 41.6 Å². The Morgan fingerprint density at radius 2 is 1.34 bits per heavy atom. The Balaban J connectivity index is 0. The summed E-state index contributed by atoms with van der Waals surface area (Å²) in [6, 6.07) is 0. The van der Waals surface area contributed by atoms with Crippen LogP contribution in [0.4, 0.5) is 0 Å². The van der Waals surface area contributed by atoms with Crippen molar-refractivity contribution in [1.82, 2.24) is 0 Å². The zero-order chi connectivity index (χ0) is 24.1. The Morgan fingerprint density at radius 1 is 0.875 bits per heavy atom. The van der Waals surface area contributed by atoms with Gasteiger partial charge in [0.05, 0.1) is 12.4 Å². The van der Waals surface area contributed by atoms with E-state index in [1.54, 1.807) is 0 Å². The molecule has 0 heterocycles. The normalized spacial score (nSPS) is 11.1. The standard InChI is InChI=1S/C21H34O9S.Li.H/c1-6-11-21(14-29-18(22)16(2)3,15-30-19(23)17(4)5)20(24)28-12-9-7-8-10-13-31(25,26)27;;/h2,4,6-15H2,1,3,5H3,(H,25,26,27);;. The molecule has 0 fully saturated rings. The molecule has 0 bridgehead atoms. The van der Waals surface area contributed by atoms with Gasteiger partial charge in [0, 0.05) is 11.1 Å². The fourth-order valence-corrected chi connectivity index (χ4v) is 3.17. The van der Waals surface area contributed by atoms with Crippen LogP contribution in [0.3, 0.4) is 0 Å². The second-order valence-corrected chi connectivity index (χ2v) is 9.15. The summed E-state index contributed by atoms with van der Waals surface area (Å²) < 4.78 is 45.8. The summed E-state index contributed by atoms with van der Waals surface area (Å²) in [4.78, 5) is 36.6. The van der Waals surface area contributed by atoms with Gasteiger partial charge in [0.2, 0.25) is 0 Å². The average Bonchev–Trinajstić information content (AvgIpc) is 2.67. The van der Waals surface area contributed by atoms with Crippen molar-refractivity contribution in [3.8, 4) is 0 Å². The Morgan fingerprint density at radius 3 is 1.75 bits per heavy atom. The van der Waals surface area contributed by atoms with Crippen molar-refractivity contribution in [2.75, 3.05) is 25.6 Å². The first-order valence-corrected chi connectivity index (χ1v) is 11.7. The number of ether oxygens (including phenoxy) is 3. The summed E-state index contributed by atoms with van der Waals surface area (Å²) in [6.45, 7) is 11.2. The molecule has 0 atom stereocenters. The summed E-state index contributed by atoms with van der Waals surface area (Å²) in [7, 11) is -3.98. The van der Waals surface area contributed by atoms with Crippen molar-refractivity contribution in [3.63, 3.8) is 0 Å². The Hall–Kier alpha value is -1.60. The molecule has 0 spiro atoms. The molecule has 0 radical (unpaired) electrons. The quantitative estimate of drug-likeness (QED) is 0.0901. The number of hydrogen-bond acceptors (Lipinski definition) is 8. The molecule has 180 valence electrons. The number of carbonyl (C=O) groups is 3. The second kappa shape index (κ2) is 16.1. The van der Waals surface area contributed by atoms with Gasteiger partial charge in [-0.05, 0) is 33.1 Å². The average molecular weight is 471 g/mol. The third-order valence-corrected chi connectivity index (χ3v) is 5.15. The molecule has 0 unspecified atom stereocenters. The van der Waals surface area contributed by atoms with Crippen LogP contribution in [-0.4, -0.2) is 75.3 Å². The van der Waals surface area contributed by atoms with E-state index in [1.165, 1.54) is 13.8 Å². The van der Waals surface area contributed by atoms with Crippen LogP contribution in [0.2, 0.25) is 0 Å². The van der Waals surface area contributed by atoms with Crippen LogP contribution in [0.15, 0.2) is 24.3 Å². The van der Waals surface area contributed by atoms with Crippen LogP contribution in [0.5, 0.6) is 0 Å². The van der Waals surface area contributed by atoms with Crippen molar-refractivity contribution in [2.24, 2.45) is 5.41 Å². The van der Waals surface area contributed by atoms with Gasteiger partial charge in [-0.2, -0.15) is 8.42 Å². The molecule has 9 nitrogen and oxygen atoms in total. The number of unbranched alkanes of at least 4 members (excludes halogenated alkanes) is 3. The zero-order valence-electron chi connectivity index (χ0n) is 18.6. The van der Waals surface area contributed by atoms with Gasteiger partial charge in [-0.15, -0.1) is 0 Å². The predicted molar refractivity (Wildman–Crippen MR) is 122 cm³/mol. The zero-order valence-corrected chi connectivity index (χ0v) is 19.4. The van der Waals surface area contributed by atoms with Gasteiger partial charge in [-0.1, -0.05) is 39.3 Å². The molecule has 0 saturated carbocycles. The summed E-state index contributed by atoms with van der Waals surface area (Å²) in [5, 5.41) is 0. The van der Waals surface area contributed by atoms with Gasteiger partial charge >= 0.3 is 36.8 Å². The SMILES string of the molecule is C=C(C)C(=O)OCC(CCC)(COC(=O)C(=C)C)C(=O)OCCCCCCS(=O)(=O)O.[LiH]. The third kappa shape index (κ3) is 13.7. The van der Waals surface area contributed by atoms with Crippen molar-refractivity contribution in [3.05, 3.63) is 24.3 Å². The summed E-state index contributed by atoms with van der Waals surface area (Å²) in [5.74, 6) is -2.30. The number of rotatable bonds is 16. The molecule has 0 saturated heterocycles. The van der Waals surface area contributed by atoms with Crippen LogP contribution in [0, 0.1) is 5.41 Å². The first-order valence-electron chi connectivity index (χ1n) is 10.1. The van der Waals surface area contributed by atoms with E-state index >= 15 is 0 Å². The monoisotopic (exact) mass is 470 g/mol. The topological polar surface area (TPSA) is 133 Å². The van der Waals surface area contributed by atoms with E-state index in [9.17, 15) is 22.8 Å². The third-order valence-electron chi connectivity index (χ3n) is 4.35. The second-order valence-electron chi connectivity index (χ2n) is 7.58. The molecule has 0 aliphatic rings. The summed E-state index contributed by atoms with van der Waals surface area (Å²) >= 11 is 0. The molecular weight excluding hydrogens is 435 g/mol. The van der Waals surface area contributed by atoms with E-state index in [0.717, 1.165) is 0 Å². The van der Waals surface area contributed by atoms with E-state index in [4.69, 9.17) is 18.8 Å². The van der Waals surface area contributed by atoms with Gasteiger partial charge in [-0.25, -0.2) is 9.59 Å². The van der Waals surface area contributed by atoms with Gasteiger partial charge in [0.15, 0.2) is 0 Å². The predicted octanol–water partition coefficient (Wildman–Crippen LogP) is 2.35. The van der Waals surface area contributed by atoms with Crippen molar-refractivity contribution >= 4 is 46.9 Å². The number of hydrogen-bond donors (Lipinski definition) is 1. The van der Waals surface area contributed by atoms with Crippen molar-refractivity contribution in [2.45, 2.75) is 59.3 Å². The molecule has 0 amide bonds. The summed E-state index contributed by atoms with van der Waals surface area (Å²) in [6.07, 6.45) is 2.73.